The van der Waals surface area contributed by atoms with E-state index < -0.39 is 0 Å². The standard InChI is InChI=1S/C16H15ClO3/c1-11-9-14(7-8-15(11)17)20-10-12-3-5-13(6-4-12)16(18)19-2/h3-9H,10H2,1-2H3. The van der Waals surface area contributed by atoms with E-state index >= 15 is 0 Å². The van der Waals surface area contributed by atoms with E-state index in [1.54, 1.807) is 12.1 Å². The zero-order chi connectivity index (χ0) is 14.5. The van der Waals surface area contributed by atoms with E-state index in [2.05, 4.69) is 4.74 Å². The average molecular weight is 291 g/mol. The van der Waals surface area contributed by atoms with Crippen molar-refractivity contribution < 1.29 is 14.3 Å². The SMILES string of the molecule is COC(=O)c1ccc(COc2ccc(Cl)c(C)c2)cc1. The quantitative estimate of drug-likeness (QED) is 0.798. The Morgan fingerprint density at radius 1 is 1.15 bits per heavy atom. The Morgan fingerprint density at radius 2 is 1.85 bits per heavy atom. The molecule has 2 rings (SSSR count). The Kier molecular flexibility index (Phi) is 4.64. The molecule has 0 heterocycles. The molecule has 0 aliphatic rings. The summed E-state index contributed by atoms with van der Waals surface area (Å²) in [5, 5.41) is 0.722. The van der Waals surface area contributed by atoms with Gasteiger partial charge in [0.05, 0.1) is 12.7 Å². The first-order valence-electron chi connectivity index (χ1n) is 6.16. The van der Waals surface area contributed by atoms with Gasteiger partial charge < -0.3 is 9.47 Å². The summed E-state index contributed by atoms with van der Waals surface area (Å²) < 4.78 is 10.3. The third-order valence-electron chi connectivity index (χ3n) is 2.91. The van der Waals surface area contributed by atoms with Gasteiger partial charge in [0.1, 0.15) is 12.4 Å². The second kappa shape index (κ2) is 6.44. The maximum atomic E-state index is 11.3. The zero-order valence-corrected chi connectivity index (χ0v) is 12.1. The summed E-state index contributed by atoms with van der Waals surface area (Å²) in [5.41, 5.74) is 2.48. The number of aryl methyl sites for hydroxylation is 1. The molecule has 0 unspecified atom stereocenters. The van der Waals surface area contributed by atoms with Gasteiger partial charge >= 0.3 is 5.97 Å². The first-order chi connectivity index (χ1) is 9.60. The predicted molar refractivity (Wildman–Crippen MR) is 78.3 cm³/mol. The van der Waals surface area contributed by atoms with Crippen LogP contribution in [0.4, 0.5) is 0 Å². The molecule has 0 saturated carbocycles. The molecule has 4 heteroatoms. The molecule has 0 saturated heterocycles. The Hall–Kier alpha value is -2.00. The summed E-state index contributed by atoms with van der Waals surface area (Å²) >= 11 is 5.96. The number of halogens is 1. The fourth-order valence-corrected chi connectivity index (χ4v) is 1.85. The summed E-state index contributed by atoms with van der Waals surface area (Å²) in [4.78, 5) is 11.3. The molecule has 20 heavy (non-hydrogen) atoms. The lowest BCUT2D eigenvalue weighted by atomic mass is 10.1. The Labute approximate surface area is 123 Å². The molecule has 0 aliphatic heterocycles. The van der Waals surface area contributed by atoms with Gasteiger partial charge in [0, 0.05) is 5.02 Å². The van der Waals surface area contributed by atoms with Crippen molar-refractivity contribution in [2.24, 2.45) is 0 Å². The molecule has 104 valence electrons. The van der Waals surface area contributed by atoms with Crippen LogP contribution in [0.15, 0.2) is 42.5 Å². The van der Waals surface area contributed by atoms with Gasteiger partial charge in [0.2, 0.25) is 0 Å². The van der Waals surface area contributed by atoms with Gasteiger partial charge in [0.15, 0.2) is 0 Å². The van der Waals surface area contributed by atoms with Crippen molar-refractivity contribution in [2.75, 3.05) is 7.11 Å². The number of hydrogen-bond acceptors (Lipinski definition) is 3. The van der Waals surface area contributed by atoms with Crippen LogP contribution in [0, 0.1) is 6.92 Å². The first-order valence-corrected chi connectivity index (χ1v) is 6.54. The minimum atomic E-state index is -0.342. The normalized spacial score (nSPS) is 10.2. The smallest absolute Gasteiger partial charge is 0.337 e. The lowest BCUT2D eigenvalue weighted by Crippen LogP contribution is -2.02. The zero-order valence-electron chi connectivity index (χ0n) is 11.4. The fraction of sp³-hybridized carbons (Fsp3) is 0.188. The van der Waals surface area contributed by atoms with E-state index in [4.69, 9.17) is 16.3 Å². The van der Waals surface area contributed by atoms with Crippen molar-refractivity contribution in [2.45, 2.75) is 13.5 Å². The number of rotatable bonds is 4. The van der Waals surface area contributed by atoms with E-state index in [9.17, 15) is 4.79 Å². The van der Waals surface area contributed by atoms with Gasteiger partial charge in [-0.1, -0.05) is 23.7 Å². The number of hydrogen-bond donors (Lipinski definition) is 0. The van der Waals surface area contributed by atoms with Crippen molar-refractivity contribution >= 4 is 17.6 Å². The van der Waals surface area contributed by atoms with Gasteiger partial charge in [-0.15, -0.1) is 0 Å². The van der Waals surface area contributed by atoms with Gasteiger partial charge in [-0.05, 0) is 48.4 Å². The van der Waals surface area contributed by atoms with Crippen molar-refractivity contribution in [3.05, 3.63) is 64.2 Å². The Balaban J connectivity index is 2.00. The maximum Gasteiger partial charge on any atom is 0.337 e. The van der Waals surface area contributed by atoms with Crippen molar-refractivity contribution in [3.63, 3.8) is 0 Å². The monoisotopic (exact) mass is 290 g/mol. The molecule has 0 amide bonds. The van der Waals surface area contributed by atoms with Gasteiger partial charge in [-0.25, -0.2) is 4.79 Å². The summed E-state index contributed by atoms with van der Waals surface area (Å²) in [6, 6.07) is 12.7. The highest BCUT2D eigenvalue weighted by atomic mass is 35.5. The molecule has 2 aromatic rings. The van der Waals surface area contributed by atoms with E-state index in [1.807, 2.05) is 37.3 Å². The topological polar surface area (TPSA) is 35.5 Å². The highest BCUT2D eigenvalue weighted by molar-refractivity contribution is 6.31. The molecule has 3 nitrogen and oxygen atoms in total. The van der Waals surface area contributed by atoms with Crippen LogP contribution >= 0.6 is 11.6 Å². The largest absolute Gasteiger partial charge is 0.489 e. The number of ether oxygens (including phenoxy) is 2. The lowest BCUT2D eigenvalue weighted by molar-refractivity contribution is 0.0600. The minimum absolute atomic E-state index is 0.342. The fourth-order valence-electron chi connectivity index (χ4n) is 1.73. The van der Waals surface area contributed by atoms with Crippen LogP contribution in [-0.4, -0.2) is 13.1 Å². The minimum Gasteiger partial charge on any atom is -0.489 e. The average Bonchev–Trinajstić information content (AvgIpc) is 2.48. The third kappa shape index (κ3) is 3.52. The molecule has 0 radical (unpaired) electrons. The number of benzene rings is 2. The van der Waals surface area contributed by atoms with E-state index in [1.165, 1.54) is 7.11 Å². The van der Waals surface area contributed by atoms with Gasteiger partial charge in [-0.2, -0.15) is 0 Å². The number of esters is 1. The second-order valence-electron chi connectivity index (χ2n) is 4.39. The molecule has 0 N–H and O–H groups in total. The van der Waals surface area contributed by atoms with Crippen LogP contribution in [0.2, 0.25) is 5.02 Å². The van der Waals surface area contributed by atoms with E-state index in [0.29, 0.717) is 12.2 Å². The van der Waals surface area contributed by atoms with E-state index in [0.717, 1.165) is 21.9 Å². The van der Waals surface area contributed by atoms with Gasteiger partial charge in [0.25, 0.3) is 0 Å². The number of carbonyl (C=O) groups excluding carboxylic acids is 1. The Morgan fingerprint density at radius 3 is 2.45 bits per heavy atom. The van der Waals surface area contributed by atoms with Gasteiger partial charge in [-0.3, -0.25) is 0 Å². The molecule has 0 aliphatic carbocycles. The third-order valence-corrected chi connectivity index (χ3v) is 3.33. The summed E-state index contributed by atoms with van der Waals surface area (Å²) in [5.74, 6) is 0.426. The Bertz CT molecular complexity index is 606. The molecule has 0 fully saturated rings. The summed E-state index contributed by atoms with van der Waals surface area (Å²) in [6.07, 6.45) is 0. The molecule has 0 bridgehead atoms. The lowest BCUT2D eigenvalue weighted by Gasteiger charge is -2.08. The molecule has 0 spiro atoms. The molecule has 0 atom stereocenters. The molecule has 0 aromatic heterocycles. The summed E-state index contributed by atoms with van der Waals surface area (Å²) in [6.45, 7) is 2.36. The first kappa shape index (κ1) is 14.4. The van der Waals surface area contributed by atoms with Crippen LogP contribution < -0.4 is 4.74 Å². The van der Waals surface area contributed by atoms with Crippen molar-refractivity contribution in [1.29, 1.82) is 0 Å². The van der Waals surface area contributed by atoms with Crippen LogP contribution in [0.1, 0.15) is 21.5 Å². The van der Waals surface area contributed by atoms with Crippen LogP contribution in [0.5, 0.6) is 5.75 Å². The number of carbonyl (C=O) groups is 1. The van der Waals surface area contributed by atoms with Crippen molar-refractivity contribution in [3.8, 4) is 5.75 Å². The number of methoxy groups -OCH3 is 1. The molecule has 2 aromatic carbocycles. The maximum absolute atomic E-state index is 11.3. The second-order valence-corrected chi connectivity index (χ2v) is 4.80. The highest BCUT2D eigenvalue weighted by Crippen LogP contribution is 2.21. The molecular formula is C16H15ClO3. The van der Waals surface area contributed by atoms with Crippen LogP contribution in [0.3, 0.4) is 0 Å². The van der Waals surface area contributed by atoms with Crippen LogP contribution in [-0.2, 0) is 11.3 Å². The highest BCUT2D eigenvalue weighted by Gasteiger charge is 2.05. The predicted octanol–water partition coefficient (Wildman–Crippen LogP) is 4.01. The van der Waals surface area contributed by atoms with Crippen LogP contribution in [0.25, 0.3) is 0 Å². The van der Waals surface area contributed by atoms with E-state index in [-0.39, 0.29) is 5.97 Å². The van der Waals surface area contributed by atoms with Crippen molar-refractivity contribution in [1.82, 2.24) is 0 Å². The summed E-state index contributed by atoms with van der Waals surface area (Å²) in [7, 11) is 1.36. The molecular weight excluding hydrogens is 276 g/mol.